The van der Waals surface area contributed by atoms with Crippen LogP contribution >= 0.6 is 11.6 Å². The number of morpholine rings is 2. The van der Waals surface area contributed by atoms with E-state index in [0.29, 0.717) is 10.8 Å². The standard InChI is InChI=1S/C20H23ClN2O7S2/c21-16-1-3-17(4-2-16)30-19-6-5-18(31(24,25)22-7-11-28-12-8-22)15-20(19)32(26,27)23-9-13-29-14-10-23/h1-6,15H,7-14H2. The van der Waals surface area contributed by atoms with Gasteiger partial charge < -0.3 is 14.2 Å². The van der Waals surface area contributed by atoms with E-state index in [1.807, 2.05) is 0 Å². The van der Waals surface area contributed by atoms with Crippen molar-refractivity contribution < 1.29 is 31.0 Å². The van der Waals surface area contributed by atoms with E-state index >= 15 is 0 Å². The van der Waals surface area contributed by atoms with Crippen molar-refractivity contribution in [3.8, 4) is 11.5 Å². The molecule has 0 aliphatic carbocycles. The number of rotatable bonds is 6. The highest BCUT2D eigenvalue weighted by molar-refractivity contribution is 7.90. The molecular weight excluding hydrogens is 480 g/mol. The van der Waals surface area contributed by atoms with Crippen LogP contribution in [-0.2, 0) is 29.5 Å². The van der Waals surface area contributed by atoms with Gasteiger partial charge in [0.2, 0.25) is 20.0 Å². The quantitative estimate of drug-likeness (QED) is 0.596. The number of halogens is 1. The second kappa shape index (κ2) is 9.64. The lowest BCUT2D eigenvalue weighted by Gasteiger charge is -2.28. The van der Waals surface area contributed by atoms with Crippen molar-refractivity contribution in [2.45, 2.75) is 9.79 Å². The molecule has 0 amide bonds. The van der Waals surface area contributed by atoms with E-state index in [9.17, 15) is 16.8 Å². The second-order valence-corrected chi connectivity index (χ2v) is 11.5. The van der Waals surface area contributed by atoms with Gasteiger partial charge in [0.1, 0.15) is 16.4 Å². The maximum atomic E-state index is 13.4. The minimum Gasteiger partial charge on any atom is -0.456 e. The van der Waals surface area contributed by atoms with Gasteiger partial charge >= 0.3 is 0 Å². The average Bonchev–Trinajstić information content (AvgIpc) is 2.82. The first-order chi connectivity index (χ1) is 15.3. The van der Waals surface area contributed by atoms with Crippen molar-refractivity contribution in [1.29, 1.82) is 0 Å². The molecule has 2 saturated heterocycles. The summed E-state index contributed by atoms with van der Waals surface area (Å²) in [6.07, 6.45) is 0. The molecule has 2 fully saturated rings. The molecule has 174 valence electrons. The number of benzene rings is 2. The molecular formula is C20H23ClN2O7S2. The van der Waals surface area contributed by atoms with Gasteiger partial charge in [0, 0.05) is 31.2 Å². The summed E-state index contributed by atoms with van der Waals surface area (Å²) in [5, 5.41) is 0.505. The summed E-state index contributed by atoms with van der Waals surface area (Å²) in [7, 11) is -7.94. The first kappa shape index (κ1) is 23.4. The summed E-state index contributed by atoms with van der Waals surface area (Å²) in [4.78, 5) is -0.335. The Morgan fingerprint density at radius 2 is 1.28 bits per heavy atom. The Bertz CT molecular complexity index is 1160. The Labute approximate surface area is 192 Å². The highest BCUT2D eigenvalue weighted by Crippen LogP contribution is 2.34. The lowest BCUT2D eigenvalue weighted by atomic mass is 10.3. The summed E-state index contributed by atoms with van der Waals surface area (Å²) in [6, 6.07) is 10.3. The monoisotopic (exact) mass is 502 g/mol. The van der Waals surface area contributed by atoms with Crippen molar-refractivity contribution in [1.82, 2.24) is 8.61 Å². The van der Waals surface area contributed by atoms with E-state index in [4.69, 9.17) is 25.8 Å². The fourth-order valence-electron chi connectivity index (χ4n) is 3.43. The summed E-state index contributed by atoms with van der Waals surface area (Å²) < 4.78 is 72.1. The molecule has 2 heterocycles. The van der Waals surface area contributed by atoms with Crippen LogP contribution in [0.2, 0.25) is 5.02 Å². The Hall–Kier alpha value is -1.73. The number of nitrogens with zero attached hydrogens (tertiary/aromatic N) is 2. The minimum atomic E-state index is -4.04. The van der Waals surface area contributed by atoms with Crippen molar-refractivity contribution in [2.75, 3.05) is 52.6 Å². The van der Waals surface area contributed by atoms with E-state index in [-0.39, 0.29) is 68.1 Å². The zero-order valence-electron chi connectivity index (χ0n) is 17.1. The van der Waals surface area contributed by atoms with Gasteiger partial charge in [-0.25, -0.2) is 16.8 Å². The third-order valence-corrected chi connectivity index (χ3v) is 9.22. The van der Waals surface area contributed by atoms with Crippen LogP contribution in [0.15, 0.2) is 52.3 Å². The molecule has 32 heavy (non-hydrogen) atoms. The van der Waals surface area contributed by atoms with Crippen LogP contribution in [0.3, 0.4) is 0 Å². The zero-order chi connectivity index (χ0) is 22.8. The maximum Gasteiger partial charge on any atom is 0.246 e. The predicted octanol–water partition coefficient (Wildman–Crippen LogP) is 2.17. The van der Waals surface area contributed by atoms with Gasteiger partial charge in [-0.1, -0.05) is 11.6 Å². The maximum absolute atomic E-state index is 13.4. The van der Waals surface area contributed by atoms with Crippen LogP contribution in [0.25, 0.3) is 0 Å². The lowest BCUT2D eigenvalue weighted by molar-refractivity contribution is 0.0728. The van der Waals surface area contributed by atoms with E-state index in [2.05, 4.69) is 0 Å². The van der Waals surface area contributed by atoms with E-state index in [0.717, 1.165) is 0 Å². The Morgan fingerprint density at radius 3 is 1.84 bits per heavy atom. The molecule has 2 aromatic rings. The highest BCUT2D eigenvalue weighted by atomic mass is 35.5. The molecule has 2 aromatic carbocycles. The van der Waals surface area contributed by atoms with Crippen molar-refractivity contribution >= 4 is 31.6 Å². The fraction of sp³-hybridized carbons (Fsp3) is 0.400. The van der Waals surface area contributed by atoms with E-state index < -0.39 is 20.0 Å². The molecule has 9 nitrogen and oxygen atoms in total. The van der Waals surface area contributed by atoms with Crippen LogP contribution in [0, 0.1) is 0 Å². The molecule has 2 aliphatic rings. The normalized spacial score (nSPS) is 19.0. The van der Waals surface area contributed by atoms with Gasteiger partial charge in [-0.05, 0) is 42.5 Å². The summed E-state index contributed by atoms with van der Waals surface area (Å²) >= 11 is 5.91. The first-order valence-electron chi connectivity index (χ1n) is 10.0. The largest absolute Gasteiger partial charge is 0.456 e. The SMILES string of the molecule is O=S(=O)(c1ccc(Oc2ccc(Cl)cc2)c(S(=O)(=O)N2CCOCC2)c1)N1CCOCC1. The molecule has 0 unspecified atom stereocenters. The van der Waals surface area contributed by atoms with Crippen LogP contribution in [0.1, 0.15) is 0 Å². The molecule has 0 radical (unpaired) electrons. The molecule has 12 heteroatoms. The third-order valence-electron chi connectivity index (χ3n) is 5.15. The molecule has 0 atom stereocenters. The Balaban J connectivity index is 1.76. The molecule has 0 bridgehead atoms. The number of sulfonamides is 2. The lowest BCUT2D eigenvalue weighted by Crippen LogP contribution is -2.41. The molecule has 0 aromatic heterocycles. The van der Waals surface area contributed by atoms with Crippen LogP contribution < -0.4 is 4.74 Å². The molecule has 0 N–H and O–H groups in total. The van der Waals surface area contributed by atoms with Crippen LogP contribution in [0.5, 0.6) is 11.5 Å². The first-order valence-corrected chi connectivity index (χ1v) is 13.3. The Morgan fingerprint density at radius 1 is 0.750 bits per heavy atom. The van der Waals surface area contributed by atoms with E-state index in [1.165, 1.54) is 26.8 Å². The minimum absolute atomic E-state index is 0.0275. The molecule has 0 spiro atoms. The van der Waals surface area contributed by atoms with Crippen LogP contribution in [-0.4, -0.2) is 78.1 Å². The predicted molar refractivity (Wildman–Crippen MR) is 117 cm³/mol. The van der Waals surface area contributed by atoms with Crippen LogP contribution in [0.4, 0.5) is 0 Å². The summed E-state index contributed by atoms with van der Waals surface area (Å²) in [6.45, 7) is 1.85. The molecule has 0 saturated carbocycles. The fourth-order valence-corrected chi connectivity index (χ4v) is 6.61. The molecule has 2 aliphatic heterocycles. The van der Waals surface area contributed by atoms with Gasteiger partial charge in [0.05, 0.1) is 31.3 Å². The number of ether oxygens (including phenoxy) is 3. The van der Waals surface area contributed by atoms with E-state index in [1.54, 1.807) is 24.3 Å². The van der Waals surface area contributed by atoms with Crippen molar-refractivity contribution in [3.05, 3.63) is 47.5 Å². The molecule has 4 rings (SSSR count). The summed E-state index contributed by atoms with van der Waals surface area (Å²) in [5.41, 5.74) is 0. The third kappa shape index (κ3) is 4.93. The number of hydrogen-bond acceptors (Lipinski definition) is 7. The summed E-state index contributed by atoms with van der Waals surface area (Å²) in [5.74, 6) is 0.399. The van der Waals surface area contributed by atoms with Gasteiger partial charge in [0.25, 0.3) is 0 Å². The Kier molecular flexibility index (Phi) is 7.06. The van der Waals surface area contributed by atoms with Crippen molar-refractivity contribution in [2.24, 2.45) is 0 Å². The second-order valence-electron chi connectivity index (χ2n) is 7.20. The van der Waals surface area contributed by atoms with Gasteiger partial charge in [0.15, 0.2) is 0 Å². The number of hydrogen-bond donors (Lipinski definition) is 0. The zero-order valence-corrected chi connectivity index (χ0v) is 19.5. The van der Waals surface area contributed by atoms with Crippen molar-refractivity contribution in [3.63, 3.8) is 0 Å². The van der Waals surface area contributed by atoms with Gasteiger partial charge in [-0.15, -0.1) is 0 Å². The topological polar surface area (TPSA) is 102 Å². The van der Waals surface area contributed by atoms with Gasteiger partial charge in [-0.3, -0.25) is 0 Å². The highest BCUT2D eigenvalue weighted by Gasteiger charge is 2.33. The van der Waals surface area contributed by atoms with Gasteiger partial charge in [-0.2, -0.15) is 8.61 Å². The average molecular weight is 503 g/mol. The smallest absolute Gasteiger partial charge is 0.246 e.